The molecule has 1 aliphatic heterocycles. The highest BCUT2D eigenvalue weighted by atomic mass is 17.4. The maximum atomic E-state index is 11.2. The lowest BCUT2D eigenvalue weighted by Crippen LogP contribution is -2.36. The van der Waals surface area contributed by atoms with E-state index in [9.17, 15) is 9.90 Å². The Balaban J connectivity index is 1.71. The van der Waals surface area contributed by atoms with E-state index in [1.54, 1.807) is 0 Å². The van der Waals surface area contributed by atoms with Crippen LogP contribution in [0.25, 0.3) is 0 Å². The quantitative estimate of drug-likeness (QED) is 0.375. The number of hydrogen-bond donors (Lipinski definition) is 3. The highest BCUT2D eigenvalue weighted by Crippen LogP contribution is 2.36. The second-order valence-electron chi connectivity index (χ2n) is 9.42. The third kappa shape index (κ3) is 7.62. The Labute approximate surface area is 212 Å². The molecule has 36 heavy (non-hydrogen) atoms. The normalized spacial score (nSPS) is 16.4. The van der Waals surface area contributed by atoms with E-state index >= 15 is 0 Å². The second kappa shape index (κ2) is 13.0. The third-order valence-corrected chi connectivity index (χ3v) is 5.47. The summed E-state index contributed by atoms with van der Waals surface area (Å²) in [4.78, 5) is 32.6. The van der Waals surface area contributed by atoms with Crippen molar-refractivity contribution in [2.75, 3.05) is 25.0 Å². The summed E-state index contributed by atoms with van der Waals surface area (Å²) in [6.07, 6.45) is 0.826. The molecule has 2 unspecified atom stereocenters. The van der Waals surface area contributed by atoms with Crippen LogP contribution in [0.2, 0.25) is 0 Å². The zero-order chi connectivity index (χ0) is 26.2. The number of aliphatic hydroxyl groups excluding tert-OH is 2. The highest BCUT2D eigenvalue weighted by molar-refractivity contribution is 5.76. The largest absolute Gasteiger partial charge is 0.490 e. The molecule has 0 saturated carbocycles. The van der Waals surface area contributed by atoms with E-state index < -0.39 is 24.9 Å². The Hall–Kier alpha value is -2.76. The number of amides is 1. The number of aryl methyl sites for hydroxylation is 3. The van der Waals surface area contributed by atoms with Gasteiger partial charge in [-0.1, -0.05) is 37.4 Å². The summed E-state index contributed by atoms with van der Waals surface area (Å²) >= 11 is 0. The van der Waals surface area contributed by atoms with Crippen molar-refractivity contribution in [1.29, 1.82) is 0 Å². The number of anilines is 1. The van der Waals surface area contributed by atoms with Crippen molar-refractivity contribution in [1.82, 2.24) is 10.3 Å². The van der Waals surface area contributed by atoms with E-state index in [0.717, 1.165) is 47.3 Å². The van der Waals surface area contributed by atoms with Crippen molar-refractivity contribution < 1.29 is 34.5 Å². The SMILES string of the molecule is CCCc1cc(N2OOC(c3cc(C)nc(CC(C)C)c3)O2)cc(C)c1OCC(O)CNC(=O)CO. The van der Waals surface area contributed by atoms with Crippen LogP contribution in [0.1, 0.15) is 61.6 Å². The van der Waals surface area contributed by atoms with Crippen LogP contribution in [0.5, 0.6) is 5.75 Å². The van der Waals surface area contributed by atoms with Gasteiger partial charge in [-0.15, -0.1) is 0 Å². The topological polar surface area (TPSA) is 123 Å². The van der Waals surface area contributed by atoms with Gasteiger partial charge >= 0.3 is 0 Å². The average Bonchev–Trinajstić information content (AvgIpc) is 3.31. The molecule has 2 aromatic rings. The lowest BCUT2D eigenvalue weighted by molar-refractivity contribution is -0.286. The molecule has 1 aliphatic rings. The highest BCUT2D eigenvalue weighted by Gasteiger charge is 2.30. The predicted molar refractivity (Wildman–Crippen MR) is 133 cm³/mol. The Morgan fingerprint density at radius 2 is 2.03 bits per heavy atom. The molecule has 2 atom stereocenters. The van der Waals surface area contributed by atoms with E-state index in [-0.39, 0.29) is 13.2 Å². The fourth-order valence-electron chi connectivity index (χ4n) is 3.97. The standard InChI is InChI=1S/C26H37N3O7/c1-6-7-19-12-22(9-17(4)25(19)33-15-23(31)13-27-24(32)14-30)29-34-26(35-36-29)20-10-18(5)28-21(11-20)8-16(2)3/h9-12,16,23,26,30-31H,6-8,13-15H2,1-5H3,(H,27,32). The molecule has 1 aromatic heterocycles. The molecule has 1 fully saturated rings. The third-order valence-electron chi connectivity index (χ3n) is 5.47. The Kier molecular flexibility index (Phi) is 10.0. The van der Waals surface area contributed by atoms with Gasteiger partial charge in [0.25, 0.3) is 0 Å². The smallest absolute Gasteiger partial charge is 0.247 e. The average molecular weight is 504 g/mol. The molecular weight excluding hydrogens is 466 g/mol. The van der Waals surface area contributed by atoms with Crippen LogP contribution in [-0.2, 0) is 32.3 Å². The number of aromatic nitrogens is 1. The minimum Gasteiger partial charge on any atom is -0.490 e. The molecular formula is C26H37N3O7. The number of aliphatic hydroxyl groups is 2. The summed E-state index contributed by atoms with van der Waals surface area (Å²) in [7, 11) is 0. The predicted octanol–water partition coefficient (Wildman–Crippen LogP) is 3.01. The van der Waals surface area contributed by atoms with E-state index in [1.165, 1.54) is 5.23 Å². The molecule has 0 radical (unpaired) electrons. The number of hydrogen-bond acceptors (Lipinski definition) is 9. The maximum absolute atomic E-state index is 11.2. The van der Waals surface area contributed by atoms with Gasteiger partial charge in [-0.05, 0) is 68.0 Å². The van der Waals surface area contributed by atoms with E-state index in [1.807, 2.05) is 38.1 Å². The van der Waals surface area contributed by atoms with Crippen LogP contribution >= 0.6 is 0 Å². The monoisotopic (exact) mass is 503 g/mol. The van der Waals surface area contributed by atoms with Crippen molar-refractivity contribution in [3.8, 4) is 5.75 Å². The van der Waals surface area contributed by atoms with Crippen LogP contribution in [0, 0.1) is 19.8 Å². The van der Waals surface area contributed by atoms with Crippen molar-refractivity contribution >= 4 is 11.6 Å². The number of pyridine rings is 1. The Morgan fingerprint density at radius 1 is 1.25 bits per heavy atom. The number of benzene rings is 1. The first kappa shape index (κ1) is 27.8. The summed E-state index contributed by atoms with van der Waals surface area (Å²) in [5.74, 6) is 0.588. The van der Waals surface area contributed by atoms with Crippen molar-refractivity contribution in [3.05, 3.63) is 52.3 Å². The number of carbonyl (C=O) groups is 1. The number of rotatable bonds is 12. The second-order valence-corrected chi connectivity index (χ2v) is 9.42. The van der Waals surface area contributed by atoms with Crippen LogP contribution in [0.15, 0.2) is 24.3 Å². The molecule has 3 N–H and O–H groups in total. The van der Waals surface area contributed by atoms with Gasteiger partial charge in [-0.3, -0.25) is 9.78 Å². The molecule has 10 heteroatoms. The van der Waals surface area contributed by atoms with Gasteiger partial charge in [0.1, 0.15) is 25.1 Å². The first-order valence-electron chi connectivity index (χ1n) is 12.3. The molecule has 1 amide bonds. The fourth-order valence-corrected chi connectivity index (χ4v) is 3.97. The molecule has 2 heterocycles. The summed E-state index contributed by atoms with van der Waals surface area (Å²) in [5, 5.41) is 22.6. The molecule has 0 bridgehead atoms. The molecule has 3 rings (SSSR count). The van der Waals surface area contributed by atoms with Crippen molar-refractivity contribution in [3.63, 3.8) is 0 Å². The van der Waals surface area contributed by atoms with Crippen molar-refractivity contribution in [2.24, 2.45) is 5.92 Å². The van der Waals surface area contributed by atoms with Gasteiger partial charge in [0.05, 0.1) is 5.69 Å². The number of ether oxygens (including phenoxy) is 1. The maximum Gasteiger partial charge on any atom is 0.247 e. The van der Waals surface area contributed by atoms with Gasteiger partial charge < -0.3 is 20.3 Å². The first-order chi connectivity index (χ1) is 17.2. The molecule has 0 spiro atoms. The van der Waals surface area contributed by atoms with Gasteiger partial charge in [0.15, 0.2) is 0 Å². The molecule has 0 aliphatic carbocycles. The van der Waals surface area contributed by atoms with Crippen LogP contribution in [0.4, 0.5) is 5.69 Å². The Morgan fingerprint density at radius 3 is 2.72 bits per heavy atom. The van der Waals surface area contributed by atoms with Gasteiger partial charge in [-0.2, -0.15) is 4.89 Å². The van der Waals surface area contributed by atoms with E-state index in [2.05, 4.69) is 31.1 Å². The molecule has 1 aromatic carbocycles. The summed E-state index contributed by atoms with van der Waals surface area (Å²) in [6.45, 7) is 9.56. The zero-order valence-corrected chi connectivity index (χ0v) is 21.6. The molecule has 1 saturated heterocycles. The van der Waals surface area contributed by atoms with Gasteiger partial charge in [-0.25, -0.2) is 4.84 Å². The van der Waals surface area contributed by atoms with Crippen LogP contribution in [-0.4, -0.2) is 47.0 Å². The number of carbonyl (C=O) groups excluding carboxylic acids is 1. The minimum absolute atomic E-state index is 0.00931. The summed E-state index contributed by atoms with van der Waals surface area (Å²) < 4.78 is 5.91. The molecule has 10 nitrogen and oxygen atoms in total. The minimum atomic E-state index is -0.919. The van der Waals surface area contributed by atoms with Gasteiger partial charge in [0.2, 0.25) is 12.2 Å². The van der Waals surface area contributed by atoms with Crippen molar-refractivity contribution in [2.45, 2.75) is 66.3 Å². The number of nitrogens with one attached hydrogen (secondary N) is 1. The summed E-state index contributed by atoms with van der Waals surface area (Å²) in [5.41, 5.74) is 5.09. The molecule has 198 valence electrons. The lowest BCUT2D eigenvalue weighted by atomic mass is 10.0. The first-order valence-corrected chi connectivity index (χ1v) is 12.3. The lowest BCUT2D eigenvalue weighted by Gasteiger charge is -2.20. The Bertz CT molecular complexity index is 1030. The van der Waals surface area contributed by atoms with Gasteiger partial charge in [0, 0.05) is 23.5 Å². The van der Waals surface area contributed by atoms with E-state index in [4.69, 9.17) is 24.6 Å². The van der Waals surface area contributed by atoms with E-state index in [0.29, 0.717) is 17.4 Å². The summed E-state index contributed by atoms with van der Waals surface area (Å²) in [6, 6.07) is 7.64. The fraction of sp³-hybridized carbons (Fsp3) is 0.538. The van der Waals surface area contributed by atoms with Crippen LogP contribution < -0.4 is 15.3 Å². The zero-order valence-electron chi connectivity index (χ0n) is 21.6. The van der Waals surface area contributed by atoms with Crippen LogP contribution in [0.3, 0.4) is 0 Å². The number of nitrogens with zero attached hydrogens (tertiary/aromatic N) is 2.